The van der Waals surface area contributed by atoms with E-state index in [1.165, 1.54) is 25.9 Å². The summed E-state index contributed by atoms with van der Waals surface area (Å²) in [5.74, 6) is 0.824. The van der Waals surface area contributed by atoms with Crippen LogP contribution in [0.2, 0.25) is 0 Å². The van der Waals surface area contributed by atoms with Gasteiger partial charge in [0, 0.05) is 31.9 Å². The number of aromatic nitrogens is 2. The molecule has 2 unspecified atom stereocenters. The number of rotatable bonds is 5. The molecule has 2 fully saturated rings. The van der Waals surface area contributed by atoms with Gasteiger partial charge in [-0.3, -0.25) is 4.79 Å². The second-order valence-corrected chi connectivity index (χ2v) is 7.50. The van der Waals surface area contributed by atoms with Crippen molar-refractivity contribution in [1.29, 1.82) is 0 Å². The highest BCUT2D eigenvalue weighted by Crippen LogP contribution is 2.24. The lowest BCUT2D eigenvalue weighted by Gasteiger charge is -2.38. The molecule has 2 aliphatic heterocycles. The quantitative estimate of drug-likeness (QED) is 0.874. The predicted molar refractivity (Wildman–Crippen MR) is 92.6 cm³/mol. The zero-order valence-corrected chi connectivity index (χ0v) is 14.9. The third-order valence-corrected chi connectivity index (χ3v) is 5.60. The van der Waals surface area contributed by atoms with Gasteiger partial charge < -0.3 is 19.5 Å². The minimum absolute atomic E-state index is 0.139. The highest BCUT2D eigenvalue weighted by atomic mass is 16.3. The van der Waals surface area contributed by atoms with Gasteiger partial charge in [-0.15, -0.1) is 0 Å². The monoisotopic (exact) mass is 334 g/mol. The van der Waals surface area contributed by atoms with Gasteiger partial charge in [0.15, 0.2) is 0 Å². The third kappa shape index (κ3) is 3.98. The van der Waals surface area contributed by atoms with E-state index in [0.29, 0.717) is 19.0 Å². The van der Waals surface area contributed by atoms with Gasteiger partial charge >= 0.3 is 0 Å². The van der Waals surface area contributed by atoms with Crippen LogP contribution in [0.4, 0.5) is 0 Å². The molecule has 3 rings (SSSR count). The molecule has 6 heteroatoms. The molecule has 2 aliphatic rings. The standard InChI is InChI=1S/C18H30N4O2/c1-14-15(2)22(13-19-14)11-18(24)21-9-16(7-17(10-21)12-23)8-20-5-3-4-6-20/h13,16-17,23H,3-12H2,1-2H3. The molecule has 1 aromatic heterocycles. The SMILES string of the molecule is Cc1ncn(CC(=O)N2CC(CO)CC(CN3CCCC3)C2)c1C. The van der Waals surface area contributed by atoms with Crippen molar-refractivity contribution in [1.82, 2.24) is 19.4 Å². The molecule has 6 nitrogen and oxygen atoms in total. The zero-order chi connectivity index (χ0) is 17.1. The molecule has 0 radical (unpaired) electrons. The Kier molecular flexibility index (Phi) is 5.56. The van der Waals surface area contributed by atoms with Crippen molar-refractivity contribution >= 4 is 5.91 Å². The number of aryl methyl sites for hydroxylation is 1. The zero-order valence-electron chi connectivity index (χ0n) is 14.9. The third-order valence-electron chi connectivity index (χ3n) is 5.60. The lowest BCUT2D eigenvalue weighted by molar-refractivity contribution is -0.135. The number of carbonyl (C=O) groups excluding carboxylic acids is 1. The number of amides is 1. The van der Waals surface area contributed by atoms with Crippen LogP contribution in [0.25, 0.3) is 0 Å². The Bertz CT molecular complexity index is 565. The van der Waals surface area contributed by atoms with Gasteiger partial charge in [0.25, 0.3) is 0 Å². The Morgan fingerprint density at radius 2 is 1.96 bits per heavy atom. The smallest absolute Gasteiger partial charge is 0.242 e. The summed E-state index contributed by atoms with van der Waals surface area (Å²) in [5, 5.41) is 9.64. The first-order chi connectivity index (χ1) is 11.6. The summed E-state index contributed by atoms with van der Waals surface area (Å²) >= 11 is 0. The van der Waals surface area contributed by atoms with E-state index >= 15 is 0 Å². The van der Waals surface area contributed by atoms with E-state index in [9.17, 15) is 9.90 Å². The average Bonchev–Trinajstić information content (AvgIpc) is 3.19. The van der Waals surface area contributed by atoms with E-state index in [1.54, 1.807) is 6.33 Å². The summed E-state index contributed by atoms with van der Waals surface area (Å²) in [6.45, 7) is 9.40. The largest absolute Gasteiger partial charge is 0.396 e. The molecule has 0 bridgehead atoms. The van der Waals surface area contributed by atoms with Crippen LogP contribution in [-0.2, 0) is 11.3 Å². The van der Waals surface area contributed by atoms with Gasteiger partial charge in [-0.25, -0.2) is 4.98 Å². The van der Waals surface area contributed by atoms with E-state index in [0.717, 1.165) is 30.9 Å². The summed E-state index contributed by atoms with van der Waals surface area (Å²) in [6.07, 6.45) is 5.36. The van der Waals surface area contributed by atoms with Crippen LogP contribution in [0.5, 0.6) is 0 Å². The molecule has 1 aromatic rings. The number of aliphatic hydroxyl groups excluding tert-OH is 1. The number of carbonyl (C=O) groups is 1. The average molecular weight is 334 g/mol. The first kappa shape index (κ1) is 17.4. The lowest BCUT2D eigenvalue weighted by Crippen LogP contribution is -2.48. The molecule has 0 saturated carbocycles. The lowest BCUT2D eigenvalue weighted by atomic mass is 9.89. The van der Waals surface area contributed by atoms with Crippen molar-refractivity contribution in [3.8, 4) is 0 Å². The molecule has 0 aliphatic carbocycles. The van der Waals surface area contributed by atoms with E-state index in [4.69, 9.17) is 0 Å². The van der Waals surface area contributed by atoms with Gasteiger partial charge in [0.2, 0.25) is 5.91 Å². The predicted octanol–water partition coefficient (Wildman–Crippen LogP) is 1.05. The highest BCUT2D eigenvalue weighted by Gasteiger charge is 2.31. The number of likely N-dealkylation sites (tertiary alicyclic amines) is 2. The molecule has 0 spiro atoms. The van der Waals surface area contributed by atoms with Crippen LogP contribution in [0.15, 0.2) is 6.33 Å². The fourth-order valence-corrected chi connectivity index (χ4v) is 4.07. The van der Waals surface area contributed by atoms with Gasteiger partial charge in [-0.2, -0.15) is 0 Å². The van der Waals surface area contributed by atoms with Gasteiger partial charge in [-0.1, -0.05) is 0 Å². The Morgan fingerprint density at radius 1 is 1.25 bits per heavy atom. The van der Waals surface area contributed by atoms with Crippen LogP contribution >= 0.6 is 0 Å². The fourth-order valence-electron chi connectivity index (χ4n) is 4.07. The molecule has 1 N–H and O–H groups in total. The minimum Gasteiger partial charge on any atom is -0.396 e. The van der Waals surface area contributed by atoms with Crippen molar-refractivity contribution in [3.05, 3.63) is 17.7 Å². The molecule has 3 heterocycles. The second kappa shape index (κ2) is 7.66. The Morgan fingerprint density at radius 3 is 2.58 bits per heavy atom. The molecule has 24 heavy (non-hydrogen) atoms. The van der Waals surface area contributed by atoms with Crippen molar-refractivity contribution in [2.75, 3.05) is 39.3 Å². The van der Waals surface area contributed by atoms with Gasteiger partial charge in [0.1, 0.15) is 6.54 Å². The number of piperidine rings is 1. The van der Waals surface area contributed by atoms with E-state index in [2.05, 4.69) is 9.88 Å². The minimum atomic E-state index is 0.139. The maximum absolute atomic E-state index is 12.8. The summed E-state index contributed by atoms with van der Waals surface area (Å²) in [7, 11) is 0. The number of imidazole rings is 1. The molecular formula is C18H30N4O2. The van der Waals surface area contributed by atoms with Crippen molar-refractivity contribution < 1.29 is 9.90 Å². The van der Waals surface area contributed by atoms with E-state index in [-0.39, 0.29) is 18.4 Å². The van der Waals surface area contributed by atoms with E-state index < -0.39 is 0 Å². The molecule has 2 atom stereocenters. The van der Waals surface area contributed by atoms with Crippen LogP contribution in [0, 0.1) is 25.7 Å². The van der Waals surface area contributed by atoms with Crippen molar-refractivity contribution in [3.63, 3.8) is 0 Å². The van der Waals surface area contributed by atoms with Gasteiger partial charge in [0.05, 0.1) is 12.0 Å². The first-order valence-electron chi connectivity index (χ1n) is 9.16. The number of hydrogen-bond acceptors (Lipinski definition) is 4. The Balaban J connectivity index is 1.62. The van der Waals surface area contributed by atoms with Crippen LogP contribution in [0.3, 0.4) is 0 Å². The maximum atomic E-state index is 12.8. The summed E-state index contributed by atoms with van der Waals surface area (Å²) in [4.78, 5) is 21.5. The molecular weight excluding hydrogens is 304 g/mol. The summed E-state index contributed by atoms with van der Waals surface area (Å²) in [6, 6.07) is 0. The number of aliphatic hydroxyl groups is 1. The van der Waals surface area contributed by atoms with Crippen molar-refractivity contribution in [2.24, 2.45) is 11.8 Å². The summed E-state index contributed by atoms with van der Waals surface area (Å²) < 4.78 is 1.93. The number of hydrogen-bond donors (Lipinski definition) is 1. The topological polar surface area (TPSA) is 61.6 Å². The highest BCUT2D eigenvalue weighted by molar-refractivity contribution is 5.76. The second-order valence-electron chi connectivity index (χ2n) is 7.50. The molecule has 1 amide bonds. The van der Waals surface area contributed by atoms with Gasteiger partial charge in [-0.05, 0) is 58.0 Å². The first-order valence-corrected chi connectivity index (χ1v) is 9.16. The molecule has 2 saturated heterocycles. The van der Waals surface area contributed by atoms with Crippen LogP contribution in [0.1, 0.15) is 30.7 Å². The van der Waals surface area contributed by atoms with Crippen LogP contribution < -0.4 is 0 Å². The maximum Gasteiger partial charge on any atom is 0.242 e. The molecule has 134 valence electrons. The van der Waals surface area contributed by atoms with Crippen molar-refractivity contribution in [2.45, 2.75) is 39.7 Å². The normalized spacial score (nSPS) is 25.4. The molecule has 0 aromatic carbocycles. The number of nitrogens with zero attached hydrogens (tertiary/aromatic N) is 4. The Hall–Kier alpha value is -1.40. The summed E-state index contributed by atoms with van der Waals surface area (Å²) in [5.41, 5.74) is 2.02. The fraction of sp³-hybridized carbons (Fsp3) is 0.778. The van der Waals surface area contributed by atoms with Crippen LogP contribution in [-0.4, -0.2) is 69.7 Å². The van der Waals surface area contributed by atoms with E-state index in [1.807, 2.05) is 23.3 Å². The Labute approximate surface area is 144 Å².